The fourth-order valence-electron chi connectivity index (χ4n) is 3.72. The van der Waals surface area contributed by atoms with Crippen molar-refractivity contribution in [2.45, 2.75) is 44.3 Å². The molecule has 2 aromatic heterocycles. The number of benzene rings is 1. The maximum Gasteiger partial charge on any atom is 0.276 e. The molecule has 0 spiro atoms. The molecular weight excluding hydrogens is 424 g/mol. The van der Waals surface area contributed by atoms with Crippen LogP contribution in [-0.2, 0) is 11.3 Å². The number of hydrogen-bond donors (Lipinski definition) is 1. The molecule has 1 aliphatic rings. The number of amides is 2. The predicted octanol–water partition coefficient (Wildman–Crippen LogP) is 4.23. The Morgan fingerprint density at radius 1 is 1.23 bits per heavy atom. The van der Waals surface area contributed by atoms with Crippen LogP contribution in [0, 0.1) is 0 Å². The molecule has 1 atom stereocenters. The number of hydrogen-bond acceptors (Lipinski definition) is 6. The van der Waals surface area contributed by atoms with Crippen molar-refractivity contribution >= 4 is 34.9 Å². The summed E-state index contributed by atoms with van der Waals surface area (Å²) in [5, 5.41) is 9.08. The number of aromatic nitrogens is 2. The lowest BCUT2D eigenvalue weighted by Crippen LogP contribution is -2.45. The van der Waals surface area contributed by atoms with Gasteiger partial charge in [0.1, 0.15) is 5.76 Å². The minimum atomic E-state index is -0.953. The van der Waals surface area contributed by atoms with Gasteiger partial charge in [-0.15, -0.1) is 5.10 Å². The molecule has 0 aliphatic heterocycles. The Balaban J connectivity index is 1.71. The summed E-state index contributed by atoms with van der Waals surface area (Å²) >= 11 is 7.44. The van der Waals surface area contributed by atoms with E-state index >= 15 is 0 Å². The maximum absolute atomic E-state index is 13.4. The fourth-order valence-corrected chi connectivity index (χ4v) is 4.34. The van der Waals surface area contributed by atoms with Gasteiger partial charge in [-0.1, -0.05) is 47.1 Å². The lowest BCUT2D eigenvalue weighted by molar-refractivity contribution is -0.127. The molecule has 7 nitrogen and oxygen atoms in total. The first kappa shape index (κ1) is 20.6. The maximum atomic E-state index is 13.4. The zero-order chi connectivity index (χ0) is 20.9. The van der Waals surface area contributed by atoms with E-state index in [0.29, 0.717) is 10.8 Å². The number of carbonyl (C=O) groups is 2. The van der Waals surface area contributed by atoms with E-state index in [2.05, 4.69) is 14.9 Å². The van der Waals surface area contributed by atoms with Crippen molar-refractivity contribution in [2.24, 2.45) is 0 Å². The molecule has 1 aromatic carbocycles. The van der Waals surface area contributed by atoms with E-state index < -0.39 is 11.9 Å². The SMILES string of the molecule is O=C(NC1CCCC1)[C@@H](c1ccco1)N(Cc1ccccc1Cl)C(=O)c1csnn1. The molecule has 0 bridgehead atoms. The first-order valence-electron chi connectivity index (χ1n) is 9.78. The van der Waals surface area contributed by atoms with Gasteiger partial charge in [0.15, 0.2) is 11.7 Å². The third-order valence-corrected chi connectivity index (χ3v) is 6.09. The highest BCUT2D eigenvalue weighted by atomic mass is 35.5. The second-order valence-electron chi connectivity index (χ2n) is 7.22. The molecule has 0 radical (unpaired) electrons. The van der Waals surface area contributed by atoms with E-state index in [1.165, 1.54) is 11.2 Å². The van der Waals surface area contributed by atoms with Crippen LogP contribution < -0.4 is 5.32 Å². The summed E-state index contributed by atoms with van der Waals surface area (Å²) in [7, 11) is 0. The van der Waals surface area contributed by atoms with Gasteiger partial charge in [-0.2, -0.15) is 0 Å². The number of furan rings is 1. The molecule has 0 unspecified atom stereocenters. The van der Waals surface area contributed by atoms with Crippen molar-refractivity contribution in [3.05, 3.63) is 70.1 Å². The largest absolute Gasteiger partial charge is 0.467 e. The number of carbonyl (C=O) groups excluding carboxylic acids is 2. The smallest absolute Gasteiger partial charge is 0.276 e. The summed E-state index contributed by atoms with van der Waals surface area (Å²) < 4.78 is 9.37. The highest BCUT2D eigenvalue weighted by molar-refractivity contribution is 7.03. The Bertz CT molecular complexity index is 988. The molecule has 4 rings (SSSR count). The van der Waals surface area contributed by atoms with Gasteiger partial charge >= 0.3 is 0 Å². The minimum absolute atomic E-state index is 0.105. The molecule has 1 fully saturated rings. The molecule has 1 N–H and O–H groups in total. The summed E-state index contributed by atoms with van der Waals surface area (Å²) in [4.78, 5) is 28.2. The van der Waals surface area contributed by atoms with Crippen LogP contribution in [0.3, 0.4) is 0 Å². The van der Waals surface area contributed by atoms with Crippen LogP contribution in [-0.4, -0.2) is 32.3 Å². The van der Waals surface area contributed by atoms with E-state index in [9.17, 15) is 9.59 Å². The third-order valence-electron chi connectivity index (χ3n) is 5.21. The number of nitrogens with zero attached hydrogens (tertiary/aromatic N) is 3. The average molecular weight is 445 g/mol. The second-order valence-corrected chi connectivity index (χ2v) is 8.24. The number of halogens is 1. The first-order chi connectivity index (χ1) is 14.6. The van der Waals surface area contributed by atoms with Gasteiger partial charge in [0.25, 0.3) is 11.8 Å². The van der Waals surface area contributed by atoms with Crippen molar-refractivity contribution < 1.29 is 14.0 Å². The molecule has 2 heterocycles. The monoisotopic (exact) mass is 444 g/mol. The summed E-state index contributed by atoms with van der Waals surface area (Å²) in [5.74, 6) is -0.304. The zero-order valence-electron chi connectivity index (χ0n) is 16.2. The Hall–Kier alpha value is -2.71. The molecule has 2 amide bonds. The Labute approximate surface area is 183 Å². The van der Waals surface area contributed by atoms with E-state index in [-0.39, 0.29) is 24.2 Å². The lowest BCUT2D eigenvalue weighted by atomic mass is 10.1. The van der Waals surface area contributed by atoms with Crippen molar-refractivity contribution in [3.8, 4) is 0 Å². The van der Waals surface area contributed by atoms with Crippen molar-refractivity contribution in [2.75, 3.05) is 0 Å². The van der Waals surface area contributed by atoms with Crippen LogP contribution in [0.2, 0.25) is 5.02 Å². The molecule has 156 valence electrons. The summed E-state index contributed by atoms with van der Waals surface area (Å²) in [6.45, 7) is 0.124. The Kier molecular flexibility index (Phi) is 6.44. The molecule has 30 heavy (non-hydrogen) atoms. The van der Waals surface area contributed by atoms with Crippen LogP contribution in [0.4, 0.5) is 0 Å². The first-order valence-corrected chi connectivity index (χ1v) is 11.0. The minimum Gasteiger partial charge on any atom is -0.467 e. The zero-order valence-corrected chi connectivity index (χ0v) is 17.7. The summed E-state index contributed by atoms with van der Waals surface area (Å²) in [6.07, 6.45) is 5.54. The van der Waals surface area contributed by atoms with Crippen molar-refractivity contribution in [1.29, 1.82) is 0 Å². The van der Waals surface area contributed by atoms with Crippen LogP contribution >= 0.6 is 23.1 Å². The molecule has 3 aromatic rings. The summed E-state index contributed by atoms with van der Waals surface area (Å²) in [6, 6.07) is 9.80. The highest BCUT2D eigenvalue weighted by Crippen LogP contribution is 2.29. The van der Waals surface area contributed by atoms with Gasteiger partial charge in [-0.05, 0) is 48.1 Å². The molecule has 1 saturated carbocycles. The Morgan fingerprint density at radius 3 is 2.70 bits per heavy atom. The van der Waals surface area contributed by atoms with Gasteiger partial charge in [-0.3, -0.25) is 9.59 Å². The number of nitrogens with one attached hydrogen (secondary N) is 1. The van der Waals surface area contributed by atoms with E-state index in [1.807, 2.05) is 18.2 Å². The van der Waals surface area contributed by atoms with Crippen LogP contribution in [0.5, 0.6) is 0 Å². The predicted molar refractivity (Wildman–Crippen MR) is 113 cm³/mol. The standard InChI is InChI=1S/C21H21ClN4O3S/c22-16-9-4-1-6-14(16)12-26(21(28)17-13-30-25-24-17)19(18-10-5-11-29-18)20(27)23-15-7-2-3-8-15/h1,4-6,9-11,13,15,19H,2-3,7-8,12H2,(H,23,27)/t19-/m1/s1. The number of rotatable bonds is 7. The van der Waals surface area contributed by atoms with Crippen LogP contribution in [0.25, 0.3) is 0 Å². The molecule has 0 saturated heterocycles. The molecule has 1 aliphatic carbocycles. The topological polar surface area (TPSA) is 88.3 Å². The van der Waals surface area contributed by atoms with Crippen LogP contribution in [0.1, 0.15) is 53.5 Å². The third kappa shape index (κ3) is 4.55. The quantitative estimate of drug-likeness (QED) is 0.589. The molecule has 9 heteroatoms. The molecular formula is C21H21ClN4O3S. The normalized spacial score (nSPS) is 15.1. The van der Waals surface area contributed by atoms with Gasteiger partial charge < -0.3 is 14.6 Å². The van der Waals surface area contributed by atoms with Crippen molar-refractivity contribution in [3.63, 3.8) is 0 Å². The summed E-state index contributed by atoms with van der Waals surface area (Å²) in [5.41, 5.74) is 0.901. The highest BCUT2D eigenvalue weighted by Gasteiger charge is 2.36. The van der Waals surface area contributed by atoms with E-state index in [0.717, 1.165) is 42.8 Å². The fraction of sp³-hybridized carbons (Fsp3) is 0.333. The van der Waals surface area contributed by atoms with Gasteiger partial charge in [0.2, 0.25) is 0 Å². The van der Waals surface area contributed by atoms with E-state index in [4.69, 9.17) is 16.0 Å². The van der Waals surface area contributed by atoms with Crippen molar-refractivity contribution in [1.82, 2.24) is 19.8 Å². The lowest BCUT2D eigenvalue weighted by Gasteiger charge is -2.30. The van der Waals surface area contributed by atoms with Gasteiger partial charge in [0, 0.05) is 23.0 Å². The Morgan fingerprint density at radius 2 is 2.03 bits per heavy atom. The van der Waals surface area contributed by atoms with E-state index in [1.54, 1.807) is 23.6 Å². The van der Waals surface area contributed by atoms with Gasteiger partial charge in [-0.25, -0.2) is 0 Å². The second kappa shape index (κ2) is 9.40. The van der Waals surface area contributed by atoms with Gasteiger partial charge in [0.05, 0.1) is 6.26 Å². The average Bonchev–Trinajstić information content (AvgIpc) is 3.52. The van der Waals surface area contributed by atoms with Crippen LogP contribution in [0.15, 0.2) is 52.5 Å².